The van der Waals surface area contributed by atoms with E-state index >= 15 is 0 Å². The Labute approximate surface area is 129 Å². The molecule has 0 aliphatic rings. The first-order valence-corrected chi connectivity index (χ1v) is 7.68. The van der Waals surface area contributed by atoms with Gasteiger partial charge in [-0.25, -0.2) is 9.78 Å². The predicted octanol–water partition coefficient (Wildman–Crippen LogP) is 3.79. The van der Waals surface area contributed by atoms with Crippen molar-refractivity contribution in [2.24, 2.45) is 0 Å². The largest absolute Gasteiger partial charge is 0.478 e. The Hall–Kier alpha value is -1.92. The van der Waals surface area contributed by atoms with Gasteiger partial charge in [0.05, 0.1) is 15.9 Å². The van der Waals surface area contributed by atoms with E-state index in [4.69, 9.17) is 11.6 Å². The standard InChI is InChI=1S/C14H12ClN3O2S/c1-2-5-9-11(13(19)20)12(15)18(17-9)14-16-8-6-3-4-7-10(8)21-14/h3-4,6-7H,2,5H2,1H3,(H,19,20). The first-order valence-electron chi connectivity index (χ1n) is 6.48. The number of benzene rings is 1. The Morgan fingerprint density at radius 1 is 1.43 bits per heavy atom. The molecule has 2 aromatic heterocycles. The highest BCUT2D eigenvalue weighted by molar-refractivity contribution is 7.20. The Morgan fingerprint density at radius 2 is 2.19 bits per heavy atom. The second kappa shape index (κ2) is 5.46. The van der Waals surface area contributed by atoms with Gasteiger partial charge in [-0.3, -0.25) is 0 Å². The van der Waals surface area contributed by atoms with E-state index in [0.29, 0.717) is 17.2 Å². The minimum absolute atomic E-state index is 0.0674. The summed E-state index contributed by atoms with van der Waals surface area (Å²) in [5.74, 6) is -1.06. The van der Waals surface area contributed by atoms with Gasteiger partial charge in [0, 0.05) is 0 Å². The third-order valence-electron chi connectivity index (χ3n) is 3.07. The van der Waals surface area contributed by atoms with Crippen LogP contribution in [0.4, 0.5) is 0 Å². The number of hydrogen-bond acceptors (Lipinski definition) is 4. The maximum atomic E-state index is 11.4. The molecule has 2 heterocycles. The Bertz CT molecular complexity index is 792. The van der Waals surface area contributed by atoms with Crippen LogP contribution in [0.3, 0.4) is 0 Å². The van der Waals surface area contributed by atoms with Crippen LogP contribution in [0.5, 0.6) is 0 Å². The molecular weight excluding hydrogens is 310 g/mol. The van der Waals surface area contributed by atoms with E-state index in [-0.39, 0.29) is 10.7 Å². The molecule has 5 nitrogen and oxygen atoms in total. The van der Waals surface area contributed by atoms with E-state index in [9.17, 15) is 9.90 Å². The van der Waals surface area contributed by atoms with Crippen LogP contribution < -0.4 is 0 Å². The molecule has 0 saturated heterocycles. The van der Waals surface area contributed by atoms with Crippen molar-refractivity contribution >= 4 is 39.1 Å². The van der Waals surface area contributed by atoms with Crippen molar-refractivity contribution < 1.29 is 9.90 Å². The van der Waals surface area contributed by atoms with Gasteiger partial charge < -0.3 is 5.11 Å². The molecule has 0 amide bonds. The first kappa shape index (κ1) is 14.0. The SMILES string of the molecule is CCCc1nn(-c2nc3ccccc3s2)c(Cl)c1C(=O)O. The Kier molecular flexibility index (Phi) is 3.65. The predicted molar refractivity (Wildman–Crippen MR) is 82.7 cm³/mol. The molecule has 21 heavy (non-hydrogen) atoms. The molecule has 7 heteroatoms. The van der Waals surface area contributed by atoms with Crippen molar-refractivity contribution in [3.05, 3.63) is 40.7 Å². The number of halogens is 1. The molecule has 0 aliphatic carbocycles. The van der Waals surface area contributed by atoms with Gasteiger partial charge in [0.2, 0.25) is 5.13 Å². The maximum absolute atomic E-state index is 11.4. The van der Waals surface area contributed by atoms with Gasteiger partial charge in [-0.05, 0) is 18.6 Å². The number of hydrogen-bond donors (Lipinski definition) is 1. The van der Waals surface area contributed by atoms with Crippen LogP contribution in [0.1, 0.15) is 29.4 Å². The number of nitrogens with zero attached hydrogens (tertiary/aromatic N) is 3. The van der Waals surface area contributed by atoms with E-state index in [0.717, 1.165) is 16.6 Å². The fourth-order valence-electron chi connectivity index (χ4n) is 2.14. The van der Waals surface area contributed by atoms with Crippen LogP contribution in [0.25, 0.3) is 15.3 Å². The smallest absolute Gasteiger partial charge is 0.340 e. The molecule has 0 saturated carbocycles. The van der Waals surface area contributed by atoms with Crippen molar-refractivity contribution in [1.29, 1.82) is 0 Å². The van der Waals surface area contributed by atoms with Gasteiger partial charge >= 0.3 is 5.97 Å². The molecule has 3 aromatic rings. The summed E-state index contributed by atoms with van der Waals surface area (Å²) in [5.41, 5.74) is 1.41. The molecule has 3 rings (SSSR count). The normalized spacial score (nSPS) is 11.1. The third-order valence-corrected chi connectivity index (χ3v) is 4.43. The summed E-state index contributed by atoms with van der Waals surface area (Å²) in [5, 5.41) is 14.3. The number of aromatic carboxylic acids is 1. The van der Waals surface area contributed by atoms with Crippen LogP contribution in [-0.4, -0.2) is 25.8 Å². The van der Waals surface area contributed by atoms with Crippen LogP contribution in [0, 0.1) is 0 Å². The second-order valence-electron chi connectivity index (χ2n) is 4.54. The van der Waals surface area contributed by atoms with Gasteiger partial charge in [0.15, 0.2) is 0 Å². The van der Waals surface area contributed by atoms with E-state index in [1.807, 2.05) is 31.2 Å². The lowest BCUT2D eigenvalue weighted by molar-refractivity contribution is 0.0696. The quantitative estimate of drug-likeness (QED) is 0.794. The van der Waals surface area contributed by atoms with Crippen molar-refractivity contribution in [1.82, 2.24) is 14.8 Å². The number of fused-ring (bicyclic) bond motifs is 1. The number of para-hydroxylation sites is 1. The molecule has 0 spiro atoms. The van der Waals surface area contributed by atoms with Crippen LogP contribution in [0.15, 0.2) is 24.3 Å². The van der Waals surface area contributed by atoms with Crippen molar-refractivity contribution in [3.63, 3.8) is 0 Å². The monoisotopic (exact) mass is 321 g/mol. The van der Waals surface area contributed by atoms with E-state index in [1.165, 1.54) is 16.0 Å². The fourth-order valence-corrected chi connectivity index (χ4v) is 3.42. The van der Waals surface area contributed by atoms with Crippen molar-refractivity contribution in [3.8, 4) is 5.13 Å². The molecule has 0 radical (unpaired) electrons. The molecular formula is C14H12ClN3O2S. The van der Waals surface area contributed by atoms with Crippen LogP contribution >= 0.6 is 22.9 Å². The molecule has 0 aliphatic heterocycles. The fraction of sp³-hybridized carbons (Fsp3) is 0.214. The van der Waals surface area contributed by atoms with E-state index < -0.39 is 5.97 Å². The van der Waals surface area contributed by atoms with Gasteiger partial charge in [0.25, 0.3) is 0 Å². The second-order valence-corrected chi connectivity index (χ2v) is 5.91. The summed E-state index contributed by atoms with van der Waals surface area (Å²) in [7, 11) is 0. The minimum Gasteiger partial charge on any atom is -0.478 e. The number of carboxylic acid groups (broad SMARTS) is 1. The van der Waals surface area contributed by atoms with Gasteiger partial charge in [0.1, 0.15) is 10.7 Å². The molecule has 0 atom stereocenters. The average Bonchev–Trinajstić information content (AvgIpc) is 3.00. The van der Waals surface area contributed by atoms with Crippen LogP contribution in [0.2, 0.25) is 5.15 Å². The zero-order chi connectivity index (χ0) is 15.0. The highest BCUT2D eigenvalue weighted by Gasteiger charge is 2.23. The zero-order valence-electron chi connectivity index (χ0n) is 11.2. The summed E-state index contributed by atoms with van der Waals surface area (Å²) in [4.78, 5) is 15.8. The number of rotatable bonds is 4. The molecule has 1 aromatic carbocycles. The average molecular weight is 322 g/mol. The first-order chi connectivity index (χ1) is 10.1. The zero-order valence-corrected chi connectivity index (χ0v) is 12.8. The molecule has 1 N–H and O–H groups in total. The number of aryl methyl sites for hydroxylation is 1. The Morgan fingerprint density at radius 3 is 2.86 bits per heavy atom. The minimum atomic E-state index is -1.06. The third kappa shape index (κ3) is 2.41. The molecule has 108 valence electrons. The molecule has 0 unspecified atom stereocenters. The lowest BCUT2D eigenvalue weighted by Crippen LogP contribution is -2.00. The summed E-state index contributed by atoms with van der Waals surface area (Å²) in [6.45, 7) is 1.97. The number of carbonyl (C=O) groups is 1. The molecule has 0 bridgehead atoms. The Balaban J connectivity index is 2.17. The maximum Gasteiger partial charge on any atom is 0.340 e. The van der Waals surface area contributed by atoms with Crippen LogP contribution in [-0.2, 0) is 6.42 Å². The summed E-state index contributed by atoms with van der Waals surface area (Å²) >= 11 is 7.64. The summed E-state index contributed by atoms with van der Waals surface area (Å²) in [6, 6.07) is 7.69. The molecule has 0 fully saturated rings. The summed E-state index contributed by atoms with van der Waals surface area (Å²) < 4.78 is 2.42. The number of thiazole rings is 1. The van der Waals surface area contributed by atoms with Crippen molar-refractivity contribution in [2.45, 2.75) is 19.8 Å². The summed E-state index contributed by atoms with van der Waals surface area (Å²) in [6.07, 6.45) is 1.37. The van der Waals surface area contributed by atoms with Gasteiger partial charge in [-0.15, -0.1) is 0 Å². The topological polar surface area (TPSA) is 68.0 Å². The lowest BCUT2D eigenvalue weighted by atomic mass is 10.2. The van der Waals surface area contributed by atoms with Crippen molar-refractivity contribution in [2.75, 3.05) is 0 Å². The highest BCUT2D eigenvalue weighted by Crippen LogP contribution is 2.29. The number of aromatic nitrogens is 3. The van der Waals surface area contributed by atoms with E-state index in [2.05, 4.69) is 10.1 Å². The number of carboxylic acids is 1. The van der Waals surface area contributed by atoms with Gasteiger partial charge in [-0.2, -0.15) is 9.78 Å². The van der Waals surface area contributed by atoms with Gasteiger partial charge in [-0.1, -0.05) is 48.4 Å². The lowest BCUT2D eigenvalue weighted by Gasteiger charge is -1.96. The highest BCUT2D eigenvalue weighted by atomic mass is 35.5. The van der Waals surface area contributed by atoms with E-state index in [1.54, 1.807) is 0 Å².